The zero-order valence-electron chi connectivity index (χ0n) is 13.2. The molecule has 3 heteroatoms. The fourth-order valence-corrected chi connectivity index (χ4v) is 3.60. The molecular weight excluding hydrogens is 260 g/mol. The molecule has 3 nitrogen and oxygen atoms in total. The van der Waals surface area contributed by atoms with E-state index in [2.05, 4.69) is 36.7 Å². The number of allylic oxidation sites excluding steroid dienone is 1. The standard InChI is InChI=1S/C18H24N2O/c1-12(2)14-5-6-16-15(11-14)18(17(21)19-16)7-9-20(10-8-18)13(3)4/h5-6,11,13H,1,7-10H2,2-4H3,(H,19,21). The van der Waals surface area contributed by atoms with Gasteiger partial charge in [0.2, 0.25) is 5.91 Å². The fourth-order valence-electron chi connectivity index (χ4n) is 3.60. The number of piperidine rings is 1. The molecule has 1 amide bonds. The second kappa shape index (κ2) is 4.99. The van der Waals surface area contributed by atoms with E-state index in [1.165, 1.54) is 5.56 Å². The highest BCUT2D eigenvalue weighted by atomic mass is 16.2. The van der Waals surface area contributed by atoms with E-state index in [0.717, 1.165) is 42.8 Å². The zero-order chi connectivity index (χ0) is 15.2. The van der Waals surface area contributed by atoms with Crippen molar-refractivity contribution in [3.63, 3.8) is 0 Å². The van der Waals surface area contributed by atoms with Crippen LogP contribution in [0, 0.1) is 0 Å². The molecule has 1 aromatic carbocycles. The highest BCUT2D eigenvalue weighted by Crippen LogP contribution is 2.45. The van der Waals surface area contributed by atoms with Crippen molar-refractivity contribution in [2.24, 2.45) is 0 Å². The number of carbonyl (C=O) groups is 1. The van der Waals surface area contributed by atoms with Crippen molar-refractivity contribution in [1.29, 1.82) is 0 Å². The number of carbonyl (C=O) groups excluding carboxylic acids is 1. The monoisotopic (exact) mass is 284 g/mol. The van der Waals surface area contributed by atoms with E-state index in [-0.39, 0.29) is 11.3 Å². The number of hydrogen-bond acceptors (Lipinski definition) is 2. The van der Waals surface area contributed by atoms with Crippen molar-refractivity contribution in [2.75, 3.05) is 18.4 Å². The molecule has 2 aliphatic rings. The van der Waals surface area contributed by atoms with Crippen molar-refractivity contribution >= 4 is 17.2 Å². The maximum atomic E-state index is 12.6. The van der Waals surface area contributed by atoms with Crippen LogP contribution in [0.2, 0.25) is 0 Å². The second-order valence-corrected chi connectivity index (χ2v) is 6.71. The van der Waals surface area contributed by atoms with Crippen LogP contribution in [-0.2, 0) is 10.2 Å². The largest absolute Gasteiger partial charge is 0.325 e. The van der Waals surface area contributed by atoms with Crippen LogP contribution >= 0.6 is 0 Å². The summed E-state index contributed by atoms with van der Waals surface area (Å²) in [4.78, 5) is 15.1. The summed E-state index contributed by atoms with van der Waals surface area (Å²) in [5, 5.41) is 3.08. The molecule has 2 heterocycles. The first kappa shape index (κ1) is 14.3. The van der Waals surface area contributed by atoms with Gasteiger partial charge in [-0.2, -0.15) is 0 Å². The molecule has 3 rings (SSSR count). The quantitative estimate of drug-likeness (QED) is 0.902. The highest BCUT2D eigenvalue weighted by molar-refractivity contribution is 6.06. The van der Waals surface area contributed by atoms with Gasteiger partial charge in [0.15, 0.2) is 0 Å². The average Bonchev–Trinajstić information content (AvgIpc) is 2.72. The molecule has 1 fully saturated rings. The van der Waals surface area contributed by atoms with Gasteiger partial charge in [0.05, 0.1) is 5.41 Å². The predicted molar refractivity (Wildman–Crippen MR) is 87.4 cm³/mol. The number of amides is 1. The Bertz CT molecular complexity index is 595. The number of rotatable bonds is 2. The van der Waals surface area contributed by atoms with Crippen LogP contribution in [0.1, 0.15) is 44.7 Å². The van der Waals surface area contributed by atoms with Gasteiger partial charge in [-0.3, -0.25) is 4.79 Å². The van der Waals surface area contributed by atoms with Gasteiger partial charge in [-0.15, -0.1) is 0 Å². The number of hydrogen-bond donors (Lipinski definition) is 1. The Morgan fingerprint density at radius 2 is 2.00 bits per heavy atom. The molecule has 0 unspecified atom stereocenters. The third-order valence-electron chi connectivity index (χ3n) is 5.09. The number of likely N-dealkylation sites (tertiary alicyclic amines) is 1. The summed E-state index contributed by atoms with van der Waals surface area (Å²) in [7, 11) is 0. The molecule has 1 aromatic rings. The summed E-state index contributed by atoms with van der Waals surface area (Å²) >= 11 is 0. The van der Waals surface area contributed by atoms with E-state index in [0.29, 0.717) is 6.04 Å². The van der Waals surface area contributed by atoms with E-state index in [4.69, 9.17) is 0 Å². The minimum absolute atomic E-state index is 0.180. The fraction of sp³-hybridized carbons (Fsp3) is 0.500. The lowest BCUT2D eigenvalue weighted by atomic mass is 9.73. The zero-order valence-corrected chi connectivity index (χ0v) is 13.2. The van der Waals surface area contributed by atoms with Gasteiger partial charge in [0.25, 0.3) is 0 Å². The second-order valence-electron chi connectivity index (χ2n) is 6.71. The number of nitrogens with zero attached hydrogens (tertiary/aromatic N) is 1. The summed E-state index contributed by atoms with van der Waals surface area (Å²) in [6.45, 7) is 12.5. The Morgan fingerprint density at radius 3 is 2.57 bits per heavy atom. The van der Waals surface area contributed by atoms with Crippen molar-refractivity contribution in [3.05, 3.63) is 35.9 Å². The van der Waals surface area contributed by atoms with Crippen molar-refractivity contribution in [1.82, 2.24) is 4.90 Å². The van der Waals surface area contributed by atoms with Gasteiger partial charge < -0.3 is 10.2 Å². The Kier molecular flexibility index (Phi) is 3.40. The predicted octanol–water partition coefficient (Wildman–Crippen LogP) is 3.41. The van der Waals surface area contributed by atoms with E-state index in [1.54, 1.807) is 0 Å². The summed E-state index contributed by atoms with van der Waals surface area (Å²) in [5.41, 5.74) is 4.02. The molecule has 0 radical (unpaired) electrons. The molecule has 0 aromatic heterocycles. The van der Waals surface area contributed by atoms with Gasteiger partial charge in [0.1, 0.15) is 0 Å². The molecule has 0 atom stereocenters. The first-order chi connectivity index (χ1) is 9.94. The van der Waals surface area contributed by atoms with Crippen LogP contribution in [0.3, 0.4) is 0 Å². The van der Waals surface area contributed by atoms with Crippen LogP contribution in [0.25, 0.3) is 5.57 Å². The van der Waals surface area contributed by atoms with Gasteiger partial charge in [-0.25, -0.2) is 0 Å². The highest BCUT2D eigenvalue weighted by Gasteiger charge is 2.48. The molecule has 1 saturated heterocycles. The lowest BCUT2D eigenvalue weighted by molar-refractivity contribution is -0.122. The molecule has 112 valence electrons. The van der Waals surface area contributed by atoms with E-state index in [9.17, 15) is 4.79 Å². The SMILES string of the molecule is C=C(C)c1ccc2c(c1)C1(CCN(C(C)C)CC1)C(=O)N2. The van der Waals surface area contributed by atoms with Crippen LogP contribution in [0.5, 0.6) is 0 Å². The number of anilines is 1. The Balaban J connectivity index is 1.97. The number of fused-ring (bicyclic) bond motifs is 2. The van der Waals surface area contributed by atoms with E-state index < -0.39 is 0 Å². The lowest BCUT2D eigenvalue weighted by Gasteiger charge is -2.39. The van der Waals surface area contributed by atoms with E-state index >= 15 is 0 Å². The topological polar surface area (TPSA) is 32.3 Å². The third-order valence-corrected chi connectivity index (χ3v) is 5.09. The van der Waals surface area contributed by atoms with Crippen LogP contribution < -0.4 is 5.32 Å². The van der Waals surface area contributed by atoms with E-state index in [1.807, 2.05) is 19.1 Å². The van der Waals surface area contributed by atoms with Gasteiger partial charge >= 0.3 is 0 Å². The van der Waals surface area contributed by atoms with Gasteiger partial charge in [-0.1, -0.05) is 18.2 Å². The average molecular weight is 284 g/mol. The van der Waals surface area contributed by atoms with Crippen molar-refractivity contribution < 1.29 is 4.79 Å². The maximum absolute atomic E-state index is 12.6. The number of nitrogens with one attached hydrogen (secondary N) is 1. The molecular formula is C18H24N2O. The Labute approximate surface area is 127 Å². The first-order valence-corrected chi connectivity index (χ1v) is 7.80. The molecule has 21 heavy (non-hydrogen) atoms. The van der Waals surface area contributed by atoms with Crippen LogP contribution in [0.15, 0.2) is 24.8 Å². The van der Waals surface area contributed by atoms with Gasteiger partial charge in [-0.05, 0) is 70.0 Å². The molecule has 2 aliphatic heterocycles. The molecule has 1 spiro atoms. The molecule has 1 N–H and O–H groups in total. The van der Waals surface area contributed by atoms with Crippen LogP contribution in [0.4, 0.5) is 5.69 Å². The summed E-state index contributed by atoms with van der Waals surface area (Å²) in [5.74, 6) is 0.180. The normalized spacial score (nSPS) is 20.7. The Morgan fingerprint density at radius 1 is 1.33 bits per heavy atom. The lowest BCUT2D eigenvalue weighted by Crippen LogP contribution is -2.48. The summed E-state index contributed by atoms with van der Waals surface area (Å²) in [6, 6.07) is 6.79. The molecule has 0 saturated carbocycles. The number of benzene rings is 1. The van der Waals surface area contributed by atoms with Gasteiger partial charge in [0, 0.05) is 11.7 Å². The smallest absolute Gasteiger partial charge is 0.235 e. The van der Waals surface area contributed by atoms with Crippen molar-refractivity contribution in [2.45, 2.75) is 45.1 Å². The Hall–Kier alpha value is -1.61. The third kappa shape index (κ3) is 2.20. The minimum Gasteiger partial charge on any atom is -0.325 e. The minimum atomic E-state index is -0.327. The molecule has 0 bridgehead atoms. The van der Waals surface area contributed by atoms with Crippen LogP contribution in [-0.4, -0.2) is 29.9 Å². The maximum Gasteiger partial charge on any atom is 0.235 e. The first-order valence-electron chi connectivity index (χ1n) is 7.80. The van der Waals surface area contributed by atoms with Crippen molar-refractivity contribution in [3.8, 4) is 0 Å². The molecule has 0 aliphatic carbocycles. The summed E-state index contributed by atoms with van der Waals surface area (Å²) in [6.07, 6.45) is 1.81. The summed E-state index contributed by atoms with van der Waals surface area (Å²) < 4.78 is 0.